The van der Waals surface area contributed by atoms with Crippen molar-refractivity contribution in [1.29, 1.82) is 0 Å². The SMILES string of the molecule is O=C(O)CCN(C(=O)Nc1c(Br)cccc1Br)C1CC1. The average molecular weight is 406 g/mol. The van der Waals surface area contributed by atoms with Gasteiger partial charge in [0.15, 0.2) is 0 Å². The third-order valence-electron chi connectivity index (χ3n) is 3.01. The standard InChI is InChI=1S/C13H14Br2N2O3/c14-9-2-1-3-10(15)12(9)16-13(20)17(8-4-5-8)7-6-11(18)19/h1-3,8H,4-7H2,(H,16,20)(H,18,19). The van der Waals surface area contributed by atoms with E-state index in [0.717, 1.165) is 21.8 Å². The first kappa shape index (κ1) is 15.3. The minimum absolute atomic E-state index is 0.0406. The van der Waals surface area contributed by atoms with Crippen LogP contribution in [0.1, 0.15) is 19.3 Å². The molecule has 108 valence electrons. The molecule has 0 radical (unpaired) electrons. The number of carboxylic acid groups (broad SMARTS) is 1. The van der Waals surface area contributed by atoms with E-state index in [0.29, 0.717) is 5.69 Å². The smallest absolute Gasteiger partial charge is 0.322 e. The van der Waals surface area contributed by atoms with Crippen molar-refractivity contribution in [2.24, 2.45) is 0 Å². The van der Waals surface area contributed by atoms with E-state index < -0.39 is 5.97 Å². The van der Waals surface area contributed by atoms with E-state index in [9.17, 15) is 9.59 Å². The van der Waals surface area contributed by atoms with Crippen LogP contribution < -0.4 is 5.32 Å². The van der Waals surface area contributed by atoms with Gasteiger partial charge in [-0.1, -0.05) is 6.07 Å². The second-order valence-corrected chi connectivity index (χ2v) is 6.30. The zero-order valence-electron chi connectivity index (χ0n) is 10.6. The van der Waals surface area contributed by atoms with E-state index in [1.54, 1.807) is 4.90 Å². The van der Waals surface area contributed by atoms with Crippen molar-refractivity contribution in [3.05, 3.63) is 27.1 Å². The number of amides is 2. The number of carbonyl (C=O) groups excluding carboxylic acids is 1. The van der Waals surface area contributed by atoms with Gasteiger partial charge in [-0.05, 0) is 56.8 Å². The topological polar surface area (TPSA) is 69.6 Å². The number of carboxylic acids is 1. The molecule has 7 heteroatoms. The van der Waals surface area contributed by atoms with Gasteiger partial charge in [-0.15, -0.1) is 0 Å². The fraction of sp³-hybridized carbons (Fsp3) is 0.385. The van der Waals surface area contributed by atoms with Crippen LogP contribution in [0.15, 0.2) is 27.1 Å². The summed E-state index contributed by atoms with van der Waals surface area (Å²) in [5, 5.41) is 11.6. The van der Waals surface area contributed by atoms with E-state index in [-0.39, 0.29) is 25.0 Å². The molecule has 2 N–H and O–H groups in total. The fourth-order valence-electron chi connectivity index (χ4n) is 1.85. The lowest BCUT2D eigenvalue weighted by molar-refractivity contribution is -0.137. The van der Waals surface area contributed by atoms with Gasteiger partial charge in [0, 0.05) is 21.5 Å². The number of rotatable bonds is 5. The molecule has 0 aromatic heterocycles. The highest BCUT2D eigenvalue weighted by Crippen LogP contribution is 2.32. The quantitative estimate of drug-likeness (QED) is 0.784. The Hall–Kier alpha value is -1.08. The van der Waals surface area contributed by atoms with E-state index in [4.69, 9.17) is 5.11 Å². The Morgan fingerprint density at radius 2 is 1.90 bits per heavy atom. The van der Waals surface area contributed by atoms with Gasteiger partial charge in [-0.3, -0.25) is 4.79 Å². The van der Waals surface area contributed by atoms with Crippen molar-refractivity contribution < 1.29 is 14.7 Å². The lowest BCUT2D eigenvalue weighted by Gasteiger charge is -2.22. The Kier molecular flexibility index (Phi) is 5.04. The zero-order chi connectivity index (χ0) is 14.7. The highest BCUT2D eigenvalue weighted by molar-refractivity contribution is 9.11. The zero-order valence-corrected chi connectivity index (χ0v) is 13.8. The van der Waals surface area contributed by atoms with Crippen molar-refractivity contribution in [3.8, 4) is 0 Å². The van der Waals surface area contributed by atoms with Gasteiger partial charge < -0.3 is 15.3 Å². The summed E-state index contributed by atoms with van der Waals surface area (Å²) in [6.45, 7) is 0.230. The first-order valence-corrected chi connectivity index (χ1v) is 7.81. The van der Waals surface area contributed by atoms with Crippen molar-refractivity contribution in [2.45, 2.75) is 25.3 Å². The van der Waals surface area contributed by atoms with Crippen molar-refractivity contribution >= 4 is 49.5 Å². The Balaban J connectivity index is 2.06. The molecule has 5 nitrogen and oxygen atoms in total. The van der Waals surface area contributed by atoms with Gasteiger partial charge in [-0.25, -0.2) is 4.79 Å². The van der Waals surface area contributed by atoms with Crippen molar-refractivity contribution in [1.82, 2.24) is 4.90 Å². The van der Waals surface area contributed by atoms with Gasteiger partial charge in [0.1, 0.15) is 0 Å². The van der Waals surface area contributed by atoms with Gasteiger partial charge in [0.2, 0.25) is 0 Å². The van der Waals surface area contributed by atoms with Crippen LogP contribution in [0, 0.1) is 0 Å². The predicted octanol–water partition coefficient (Wildman–Crippen LogP) is 3.68. The average Bonchev–Trinajstić information content (AvgIpc) is 3.18. The number of urea groups is 1. The lowest BCUT2D eigenvalue weighted by Crippen LogP contribution is -2.38. The summed E-state index contributed by atoms with van der Waals surface area (Å²) in [6, 6.07) is 5.42. The number of carbonyl (C=O) groups is 2. The molecule has 0 atom stereocenters. The van der Waals surface area contributed by atoms with Crippen LogP contribution in [0.3, 0.4) is 0 Å². The maximum Gasteiger partial charge on any atom is 0.322 e. The van der Waals surface area contributed by atoms with Crippen LogP contribution in [0.5, 0.6) is 0 Å². The predicted molar refractivity (Wildman–Crippen MR) is 82.8 cm³/mol. The maximum absolute atomic E-state index is 12.3. The minimum Gasteiger partial charge on any atom is -0.481 e. The third-order valence-corrected chi connectivity index (χ3v) is 4.33. The van der Waals surface area contributed by atoms with Crippen molar-refractivity contribution in [3.63, 3.8) is 0 Å². The number of nitrogens with one attached hydrogen (secondary N) is 1. The highest BCUT2D eigenvalue weighted by atomic mass is 79.9. The Morgan fingerprint density at radius 1 is 1.30 bits per heavy atom. The summed E-state index contributed by atoms with van der Waals surface area (Å²) in [5.74, 6) is -0.898. The summed E-state index contributed by atoms with van der Waals surface area (Å²) in [6.07, 6.45) is 1.83. The second-order valence-electron chi connectivity index (χ2n) is 4.60. The van der Waals surface area contributed by atoms with E-state index >= 15 is 0 Å². The molecule has 1 saturated carbocycles. The molecule has 1 aliphatic carbocycles. The Labute approximate surface area is 133 Å². The molecule has 2 amide bonds. The first-order valence-electron chi connectivity index (χ1n) is 6.22. The normalized spacial score (nSPS) is 13.9. The Bertz CT molecular complexity index is 512. The molecule has 0 heterocycles. The molecule has 2 rings (SSSR count). The molecule has 1 fully saturated rings. The molecule has 0 spiro atoms. The molecule has 0 unspecified atom stereocenters. The summed E-state index contributed by atoms with van der Waals surface area (Å²) in [4.78, 5) is 24.6. The Morgan fingerprint density at radius 3 is 2.40 bits per heavy atom. The summed E-state index contributed by atoms with van der Waals surface area (Å²) in [7, 11) is 0. The molecule has 1 aromatic rings. The monoisotopic (exact) mass is 404 g/mol. The highest BCUT2D eigenvalue weighted by Gasteiger charge is 2.33. The first-order chi connectivity index (χ1) is 9.49. The van der Waals surface area contributed by atoms with Gasteiger partial charge >= 0.3 is 12.0 Å². The third kappa shape index (κ3) is 3.96. The van der Waals surface area contributed by atoms with E-state index in [2.05, 4.69) is 37.2 Å². The fourth-order valence-corrected chi connectivity index (χ4v) is 3.04. The second kappa shape index (κ2) is 6.58. The molecule has 0 bridgehead atoms. The van der Waals surface area contributed by atoms with Gasteiger partial charge in [-0.2, -0.15) is 0 Å². The summed E-state index contributed by atoms with van der Waals surface area (Å²) in [5.41, 5.74) is 0.651. The molecule has 20 heavy (non-hydrogen) atoms. The van der Waals surface area contributed by atoms with Crippen LogP contribution in [0.2, 0.25) is 0 Å². The van der Waals surface area contributed by atoms with Crippen LogP contribution in [-0.2, 0) is 4.79 Å². The van der Waals surface area contributed by atoms with Gasteiger partial charge in [0.05, 0.1) is 12.1 Å². The molecule has 0 aliphatic heterocycles. The van der Waals surface area contributed by atoms with Crippen molar-refractivity contribution in [2.75, 3.05) is 11.9 Å². The number of halogens is 2. The summed E-state index contributed by atoms with van der Waals surface area (Å²) < 4.78 is 1.54. The number of hydrogen-bond acceptors (Lipinski definition) is 2. The van der Waals surface area contributed by atoms with Crippen LogP contribution in [0.4, 0.5) is 10.5 Å². The number of anilines is 1. The maximum atomic E-state index is 12.3. The number of hydrogen-bond donors (Lipinski definition) is 2. The molecule has 1 aromatic carbocycles. The number of para-hydroxylation sites is 1. The number of nitrogens with zero attached hydrogens (tertiary/aromatic N) is 1. The molecule has 1 aliphatic rings. The lowest BCUT2D eigenvalue weighted by atomic mass is 10.3. The van der Waals surface area contributed by atoms with E-state index in [1.165, 1.54) is 0 Å². The number of aliphatic carboxylic acids is 1. The van der Waals surface area contributed by atoms with Crippen LogP contribution in [-0.4, -0.2) is 34.6 Å². The number of benzene rings is 1. The van der Waals surface area contributed by atoms with Crippen LogP contribution in [0.25, 0.3) is 0 Å². The molecular weight excluding hydrogens is 392 g/mol. The molecule has 0 saturated heterocycles. The summed E-state index contributed by atoms with van der Waals surface area (Å²) >= 11 is 6.76. The minimum atomic E-state index is -0.898. The van der Waals surface area contributed by atoms with E-state index in [1.807, 2.05) is 18.2 Å². The van der Waals surface area contributed by atoms with Gasteiger partial charge in [0.25, 0.3) is 0 Å². The largest absolute Gasteiger partial charge is 0.481 e. The van der Waals surface area contributed by atoms with Crippen LogP contribution >= 0.6 is 31.9 Å². The molecular formula is C13H14Br2N2O3.